The Morgan fingerprint density at radius 1 is 1.30 bits per heavy atom. The van der Waals surface area contributed by atoms with Gasteiger partial charge in [-0.2, -0.15) is 0 Å². The molecule has 0 fully saturated rings. The van der Waals surface area contributed by atoms with Crippen LogP contribution in [0.1, 0.15) is 32.8 Å². The van der Waals surface area contributed by atoms with Crippen molar-refractivity contribution in [3.05, 3.63) is 29.6 Å². The van der Waals surface area contributed by atoms with Crippen molar-refractivity contribution in [2.75, 3.05) is 20.8 Å². The summed E-state index contributed by atoms with van der Waals surface area (Å²) >= 11 is 0. The van der Waals surface area contributed by atoms with Gasteiger partial charge in [-0.25, -0.2) is 4.39 Å². The van der Waals surface area contributed by atoms with E-state index in [0.717, 1.165) is 13.0 Å². The predicted octanol–water partition coefficient (Wildman–Crippen LogP) is 3.17. The Hall–Kier alpha value is -1.13. The number of benzene rings is 1. The zero-order valence-electron chi connectivity index (χ0n) is 13.1. The molecule has 0 aromatic heterocycles. The lowest BCUT2D eigenvalue weighted by Gasteiger charge is -2.34. The molecular weight excluding hydrogens is 257 g/mol. The molecule has 3 nitrogen and oxygen atoms in total. The van der Waals surface area contributed by atoms with Crippen LogP contribution in [0.15, 0.2) is 18.2 Å². The Balaban J connectivity index is 2.95. The largest absolute Gasteiger partial charge is 0.494 e. The second-order valence-electron chi connectivity index (χ2n) is 5.45. The van der Waals surface area contributed by atoms with Gasteiger partial charge in [-0.15, -0.1) is 0 Å². The van der Waals surface area contributed by atoms with Crippen LogP contribution in [0.4, 0.5) is 4.39 Å². The highest BCUT2D eigenvalue weighted by molar-refractivity contribution is 5.31. The molecule has 0 saturated carbocycles. The third kappa shape index (κ3) is 4.18. The molecule has 0 heterocycles. The lowest BCUT2D eigenvalue weighted by Crippen LogP contribution is -2.49. The molecule has 1 rings (SSSR count). The van der Waals surface area contributed by atoms with Crippen molar-refractivity contribution in [2.45, 2.75) is 45.3 Å². The normalized spacial score (nSPS) is 13.3. The van der Waals surface area contributed by atoms with Crippen LogP contribution in [0.25, 0.3) is 0 Å². The van der Waals surface area contributed by atoms with Crippen LogP contribution in [-0.4, -0.2) is 32.4 Å². The summed E-state index contributed by atoms with van der Waals surface area (Å²) in [4.78, 5) is 0. The average Bonchev–Trinajstić information content (AvgIpc) is 2.44. The van der Waals surface area contributed by atoms with Gasteiger partial charge in [0.15, 0.2) is 11.6 Å². The molecule has 1 N–H and O–H groups in total. The number of halogens is 1. The third-order valence-electron chi connectivity index (χ3n) is 3.69. The predicted molar refractivity (Wildman–Crippen MR) is 79.8 cm³/mol. The fourth-order valence-corrected chi connectivity index (χ4v) is 2.12. The van der Waals surface area contributed by atoms with Gasteiger partial charge in [-0.3, -0.25) is 0 Å². The van der Waals surface area contributed by atoms with Gasteiger partial charge in [0.25, 0.3) is 0 Å². The number of hydrogen-bond acceptors (Lipinski definition) is 3. The minimum Gasteiger partial charge on any atom is -0.494 e. The van der Waals surface area contributed by atoms with E-state index >= 15 is 0 Å². The second kappa shape index (κ2) is 7.60. The first-order valence-electron chi connectivity index (χ1n) is 7.06. The van der Waals surface area contributed by atoms with Crippen molar-refractivity contribution >= 4 is 0 Å². The van der Waals surface area contributed by atoms with Crippen LogP contribution in [0.3, 0.4) is 0 Å². The molecule has 0 aliphatic heterocycles. The molecular formula is C16H26FNO2. The lowest BCUT2D eigenvalue weighted by molar-refractivity contribution is -0.0102. The average molecular weight is 283 g/mol. The molecule has 0 saturated heterocycles. The van der Waals surface area contributed by atoms with E-state index in [-0.39, 0.29) is 23.2 Å². The molecule has 0 bridgehead atoms. The van der Waals surface area contributed by atoms with Crippen molar-refractivity contribution in [1.29, 1.82) is 0 Å². The Bertz CT molecular complexity index is 421. The first kappa shape index (κ1) is 16.9. The zero-order chi connectivity index (χ0) is 15.2. The molecule has 0 spiro atoms. The standard InChI is InChI=1S/C16H26FNO2/c1-6-10-18-14(16(2,3)20-5)11-12-8-7-9-13(19-4)15(12)17/h7-9,14,18H,6,10-11H2,1-5H3. The molecule has 114 valence electrons. The maximum Gasteiger partial charge on any atom is 0.168 e. The van der Waals surface area contributed by atoms with Gasteiger partial charge in [-0.1, -0.05) is 19.1 Å². The Kier molecular flexibility index (Phi) is 6.43. The maximum atomic E-state index is 14.3. The number of hydrogen-bond donors (Lipinski definition) is 1. The van der Waals surface area contributed by atoms with Gasteiger partial charge in [0.1, 0.15) is 0 Å². The van der Waals surface area contributed by atoms with Crippen LogP contribution in [0.5, 0.6) is 5.75 Å². The monoisotopic (exact) mass is 283 g/mol. The second-order valence-corrected chi connectivity index (χ2v) is 5.45. The lowest BCUT2D eigenvalue weighted by atomic mass is 9.91. The Morgan fingerprint density at radius 2 is 2.00 bits per heavy atom. The van der Waals surface area contributed by atoms with Gasteiger partial charge in [0.05, 0.1) is 12.7 Å². The molecule has 1 unspecified atom stereocenters. The van der Waals surface area contributed by atoms with Crippen LogP contribution in [0, 0.1) is 5.82 Å². The Labute approximate surface area is 121 Å². The molecule has 1 atom stereocenters. The smallest absolute Gasteiger partial charge is 0.168 e. The van der Waals surface area contributed by atoms with E-state index in [1.807, 2.05) is 19.9 Å². The Morgan fingerprint density at radius 3 is 2.55 bits per heavy atom. The van der Waals surface area contributed by atoms with E-state index in [9.17, 15) is 4.39 Å². The van der Waals surface area contributed by atoms with Crippen LogP contribution in [0.2, 0.25) is 0 Å². The van der Waals surface area contributed by atoms with Crippen molar-refractivity contribution in [2.24, 2.45) is 0 Å². The highest BCUT2D eigenvalue weighted by atomic mass is 19.1. The fraction of sp³-hybridized carbons (Fsp3) is 0.625. The van der Waals surface area contributed by atoms with Crippen molar-refractivity contribution in [1.82, 2.24) is 5.32 Å². The number of nitrogens with one attached hydrogen (secondary N) is 1. The molecule has 0 radical (unpaired) electrons. The van der Waals surface area contributed by atoms with Crippen molar-refractivity contribution < 1.29 is 13.9 Å². The minimum atomic E-state index is -0.370. The first-order chi connectivity index (χ1) is 9.46. The van der Waals surface area contributed by atoms with E-state index in [0.29, 0.717) is 12.0 Å². The van der Waals surface area contributed by atoms with Crippen molar-refractivity contribution in [3.8, 4) is 5.75 Å². The molecule has 0 amide bonds. The van der Waals surface area contributed by atoms with Gasteiger partial charge in [0.2, 0.25) is 0 Å². The summed E-state index contributed by atoms with van der Waals surface area (Å²) < 4.78 is 24.8. The molecule has 1 aromatic carbocycles. The van der Waals surface area contributed by atoms with E-state index in [1.165, 1.54) is 7.11 Å². The minimum absolute atomic E-state index is 0.0362. The number of methoxy groups -OCH3 is 2. The SMILES string of the molecule is CCCNC(Cc1cccc(OC)c1F)C(C)(C)OC. The van der Waals surface area contributed by atoms with E-state index in [2.05, 4.69) is 12.2 Å². The highest BCUT2D eigenvalue weighted by Gasteiger charge is 2.29. The zero-order valence-corrected chi connectivity index (χ0v) is 13.1. The fourth-order valence-electron chi connectivity index (χ4n) is 2.12. The number of rotatable bonds is 8. The molecule has 0 aliphatic rings. The summed E-state index contributed by atoms with van der Waals surface area (Å²) in [5.74, 6) is -0.00262. The van der Waals surface area contributed by atoms with Crippen LogP contribution >= 0.6 is 0 Å². The molecule has 4 heteroatoms. The van der Waals surface area contributed by atoms with Crippen LogP contribution < -0.4 is 10.1 Å². The molecule has 20 heavy (non-hydrogen) atoms. The van der Waals surface area contributed by atoms with E-state index < -0.39 is 0 Å². The summed E-state index contributed by atoms with van der Waals surface area (Å²) in [6.07, 6.45) is 1.58. The number of ether oxygens (including phenoxy) is 2. The quantitative estimate of drug-likeness (QED) is 0.795. The van der Waals surface area contributed by atoms with E-state index in [4.69, 9.17) is 9.47 Å². The van der Waals surface area contributed by atoms with Crippen LogP contribution in [-0.2, 0) is 11.2 Å². The molecule has 1 aromatic rings. The summed E-state index contributed by atoms with van der Waals surface area (Å²) in [7, 11) is 3.16. The van der Waals surface area contributed by atoms with Gasteiger partial charge >= 0.3 is 0 Å². The van der Waals surface area contributed by atoms with Gasteiger partial charge < -0.3 is 14.8 Å². The summed E-state index contributed by atoms with van der Waals surface area (Å²) in [6.45, 7) is 7.01. The summed E-state index contributed by atoms with van der Waals surface area (Å²) in [5.41, 5.74) is 0.271. The van der Waals surface area contributed by atoms with E-state index in [1.54, 1.807) is 19.2 Å². The van der Waals surface area contributed by atoms with Gasteiger partial charge in [0, 0.05) is 13.2 Å². The van der Waals surface area contributed by atoms with Crippen molar-refractivity contribution in [3.63, 3.8) is 0 Å². The molecule has 0 aliphatic carbocycles. The maximum absolute atomic E-state index is 14.3. The topological polar surface area (TPSA) is 30.5 Å². The summed E-state index contributed by atoms with van der Waals surface area (Å²) in [5, 5.41) is 3.44. The highest BCUT2D eigenvalue weighted by Crippen LogP contribution is 2.24. The first-order valence-corrected chi connectivity index (χ1v) is 7.06. The summed E-state index contributed by atoms with van der Waals surface area (Å²) in [6, 6.07) is 5.28. The third-order valence-corrected chi connectivity index (χ3v) is 3.69. The van der Waals surface area contributed by atoms with Gasteiger partial charge in [-0.05, 0) is 44.9 Å².